The lowest BCUT2D eigenvalue weighted by Gasteiger charge is -2.21. The SMILES string of the molecule is CCN(CC)c1cccc(OCc2ccc(C(=[N+]=[N-])c3ccccc3)cc2)c1.COc1ccc(OCc2ccc(C(=[N+]=[N-])c3ccccc3)cc2)cc1OC. The molecule has 0 bridgehead atoms. The van der Waals surface area contributed by atoms with E-state index in [2.05, 4.69) is 40.5 Å². The second-order valence-electron chi connectivity index (χ2n) is 12.3. The van der Waals surface area contributed by atoms with Gasteiger partial charge in [-0.05, 0) is 97.8 Å². The van der Waals surface area contributed by atoms with Gasteiger partial charge in [0.15, 0.2) is 11.5 Å². The molecule has 0 aliphatic rings. The lowest BCUT2D eigenvalue weighted by molar-refractivity contribution is -0.00323. The van der Waals surface area contributed by atoms with E-state index in [4.69, 9.17) is 18.9 Å². The molecule has 0 heterocycles. The maximum Gasteiger partial charge on any atom is 0.329 e. The Kier molecular flexibility index (Phi) is 14.5. The Labute approximate surface area is 323 Å². The summed E-state index contributed by atoms with van der Waals surface area (Å²) in [5.41, 5.74) is 26.6. The first-order valence-corrected chi connectivity index (χ1v) is 18.1. The molecule has 6 aromatic rings. The highest BCUT2D eigenvalue weighted by atomic mass is 16.5. The summed E-state index contributed by atoms with van der Waals surface area (Å²) in [6.07, 6.45) is 0. The van der Waals surface area contributed by atoms with E-state index < -0.39 is 0 Å². The molecule has 6 aromatic carbocycles. The molecule has 0 unspecified atom stereocenters. The third-order valence-corrected chi connectivity index (χ3v) is 8.86. The highest BCUT2D eigenvalue weighted by Gasteiger charge is 2.16. The molecule has 278 valence electrons. The zero-order valence-corrected chi connectivity index (χ0v) is 31.6. The van der Waals surface area contributed by atoms with Crippen LogP contribution in [0, 0.1) is 0 Å². The molecule has 0 atom stereocenters. The minimum absolute atomic E-state index is 0.409. The third kappa shape index (κ3) is 10.8. The van der Waals surface area contributed by atoms with Gasteiger partial charge in [0.05, 0.1) is 36.5 Å². The van der Waals surface area contributed by atoms with Crippen LogP contribution in [-0.4, -0.2) is 48.3 Å². The Hall–Kier alpha value is -6.92. The maximum atomic E-state index is 9.42. The van der Waals surface area contributed by atoms with Crippen molar-refractivity contribution in [1.29, 1.82) is 0 Å². The fourth-order valence-corrected chi connectivity index (χ4v) is 5.87. The van der Waals surface area contributed by atoms with Gasteiger partial charge in [-0.25, -0.2) is 0 Å². The summed E-state index contributed by atoms with van der Waals surface area (Å²) < 4.78 is 22.3. The van der Waals surface area contributed by atoms with Gasteiger partial charge < -0.3 is 34.9 Å². The van der Waals surface area contributed by atoms with E-state index in [-0.39, 0.29) is 0 Å². The number of anilines is 1. The Morgan fingerprint density at radius 2 is 0.945 bits per heavy atom. The number of nitrogens with zero attached hydrogens (tertiary/aromatic N) is 5. The first-order chi connectivity index (χ1) is 27.0. The molecule has 0 saturated heterocycles. The molecule has 0 amide bonds. The van der Waals surface area contributed by atoms with Crippen LogP contribution in [0.4, 0.5) is 5.69 Å². The predicted octanol–water partition coefficient (Wildman–Crippen LogP) is 9.53. The van der Waals surface area contributed by atoms with Gasteiger partial charge in [0.1, 0.15) is 24.7 Å². The monoisotopic (exact) mass is 731 g/mol. The van der Waals surface area contributed by atoms with Gasteiger partial charge in [-0.3, -0.25) is 0 Å². The van der Waals surface area contributed by atoms with Crippen LogP contribution in [0.15, 0.2) is 152 Å². The zero-order valence-electron chi connectivity index (χ0n) is 31.6. The first-order valence-electron chi connectivity index (χ1n) is 18.1. The highest BCUT2D eigenvalue weighted by molar-refractivity contribution is 6.09. The molecular formula is C46H45N5O4. The Balaban J connectivity index is 0.000000211. The number of rotatable bonds is 15. The number of hydrogen-bond donors (Lipinski definition) is 0. The summed E-state index contributed by atoms with van der Waals surface area (Å²) in [5.74, 6) is 2.83. The molecule has 0 N–H and O–H groups in total. The van der Waals surface area contributed by atoms with Crippen LogP contribution < -0.4 is 23.8 Å². The van der Waals surface area contributed by atoms with Gasteiger partial charge in [0.25, 0.3) is 0 Å². The quantitative estimate of drug-likeness (QED) is 0.0593. The molecule has 0 saturated carbocycles. The highest BCUT2D eigenvalue weighted by Crippen LogP contribution is 2.31. The second kappa shape index (κ2) is 20.4. The van der Waals surface area contributed by atoms with Crippen molar-refractivity contribution in [3.05, 3.63) is 196 Å². The summed E-state index contributed by atoms with van der Waals surface area (Å²) >= 11 is 0. The van der Waals surface area contributed by atoms with Gasteiger partial charge in [-0.1, -0.05) is 66.7 Å². The first kappa shape index (κ1) is 39.3. The number of ether oxygens (including phenoxy) is 4. The van der Waals surface area contributed by atoms with Crippen LogP contribution in [0.25, 0.3) is 11.1 Å². The lowest BCUT2D eigenvalue weighted by atomic mass is 10.0. The Morgan fingerprint density at radius 1 is 0.491 bits per heavy atom. The zero-order chi connectivity index (χ0) is 38.8. The van der Waals surface area contributed by atoms with Crippen molar-refractivity contribution in [3.8, 4) is 23.0 Å². The summed E-state index contributed by atoms with van der Waals surface area (Å²) in [6.45, 7) is 7.14. The third-order valence-electron chi connectivity index (χ3n) is 8.86. The van der Waals surface area contributed by atoms with E-state index in [1.807, 2.05) is 127 Å². The fourth-order valence-electron chi connectivity index (χ4n) is 5.87. The smallest absolute Gasteiger partial charge is 0.329 e. The van der Waals surface area contributed by atoms with Crippen molar-refractivity contribution in [2.24, 2.45) is 0 Å². The fraction of sp³-hybridized carbons (Fsp3) is 0.174. The molecule has 6 rings (SSSR count). The second-order valence-corrected chi connectivity index (χ2v) is 12.3. The van der Waals surface area contributed by atoms with Crippen molar-refractivity contribution in [3.63, 3.8) is 0 Å². The van der Waals surface area contributed by atoms with E-state index in [1.165, 1.54) is 5.69 Å². The largest absolute Gasteiger partial charge is 0.493 e. The van der Waals surface area contributed by atoms with E-state index in [0.29, 0.717) is 41.9 Å². The Bertz CT molecular complexity index is 2210. The standard InChI is InChI=1S/C24H25N3O.C22H20N2O3/c1-3-27(4-2)22-11-8-12-23(17-22)28-18-19-13-15-21(16-14-19)24(26-25)20-9-6-5-7-10-20;1-25-20-13-12-19(14-21(20)26-2)27-15-16-8-10-18(11-9-16)22(24-23)17-6-4-3-5-7-17/h5-17H,3-4,18H2,1-2H3;3-14H,15H2,1-2H3. The van der Waals surface area contributed by atoms with Crippen LogP contribution in [0.3, 0.4) is 0 Å². The molecular weight excluding hydrogens is 687 g/mol. The topological polar surface area (TPSA) is 113 Å². The summed E-state index contributed by atoms with van der Waals surface area (Å²) in [6, 6.07) is 48.4. The predicted molar refractivity (Wildman–Crippen MR) is 218 cm³/mol. The minimum atomic E-state index is 0.409. The van der Waals surface area contributed by atoms with Gasteiger partial charge in [-0.2, -0.15) is 9.58 Å². The van der Waals surface area contributed by atoms with Crippen molar-refractivity contribution >= 4 is 17.1 Å². The summed E-state index contributed by atoms with van der Waals surface area (Å²) in [7, 11) is 3.19. The van der Waals surface area contributed by atoms with Crippen molar-refractivity contribution < 1.29 is 28.5 Å². The van der Waals surface area contributed by atoms with Crippen LogP contribution in [-0.2, 0) is 13.2 Å². The molecule has 9 heteroatoms. The van der Waals surface area contributed by atoms with Crippen molar-refractivity contribution in [2.75, 3.05) is 32.2 Å². The minimum Gasteiger partial charge on any atom is -0.493 e. The molecule has 55 heavy (non-hydrogen) atoms. The van der Waals surface area contributed by atoms with E-state index >= 15 is 0 Å². The van der Waals surface area contributed by atoms with E-state index in [0.717, 1.165) is 52.2 Å². The molecule has 0 spiro atoms. The number of benzene rings is 6. The number of hydrogen-bond acceptors (Lipinski definition) is 5. The van der Waals surface area contributed by atoms with E-state index in [9.17, 15) is 11.1 Å². The Morgan fingerprint density at radius 3 is 1.38 bits per heavy atom. The molecule has 0 fully saturated rings. The van der Waals surface area contributed by atoms with Crippen molar-refractivity contribution in [2.45, 2.75) is 27.1 Å². The molecule has 0 aliphatic heterocycles. The maximum absolute atomic E-state index is 9.42. The van der Waals surface area contributed by atoms with Crippen LogP contribution in [0.5, 0.6) is 23.0 Å². The van der Waals surface area contributed by atoms with Gasteiger partial charge in [-0.15, -0.1) is 0 Å². The molecule has 0 aromatic heterocycles. The van der Waals surface area contributed by atoms with Crippen LogP contribution in [0.2, 0.25) is 0 Å². The molecule has 0 radical (unpaired) electrons. The molecule has 0 aliphatic carbocycles. The van der Waals surface area contributed by atoms with Gasteiger partial charge in [0.2, 0.25) is 0 Å². The summed E-state index contributed by atoms with van der Waals surface area (Å²) in [4.78, 5) is 9.21. The van der Waals surface area contributed by atoms with Crippen LogP contribution >= 0.6 is 0 Å². The average Bonchev–Trinajstić information content (AvgIpc) is 3.25. The van der Waals surface area contributed by atoms with E-state index in [1.54, 1.807) is 26.4 Å². The van der Waals surface area contributed by atoms with Gasteiger partial charge >= 0.3 is 11.4 Å². The van der Waals surface area contributed by atoms with Crippen LogP contribution in [0.1, 0.15) is 47.2 Å². The molecule has 9 nitrogen and oxygen atoms in total. The number of methoxy groups -OCH3 is 2. The summed E-state index contributed by atoms with van der Waals surface area (Å²) in [5, 5.41) is 0. The normalized spacial score (nSPS) is 10.1. The van der Waals surface area contributed by atoms with Crippen molar-refractivity contribution in [1.82, 2.24) is 0 Å². The lowest BCUT2D eigenvalue weighted by Crippen LogP contribution is -2.21. The average molecular weight is 732 g/mol. The van der Waals surface area contributed by atoms with Gasteiger partial charge in [0, 0.05) is 30.9 Å².